The zero-order valence-corrected chi connectivity index (χ0v) is 10.8. The number of rotatable bonds is 3. The van der Waals surface area contributed by atoms with E-state index in [-0.39, 0.29) is 11.9 Å². The summed E-state index contributed by atoms with van der Waals surface area (Å²) in [5.41, 5.74) is 0.739. The quantitative estimate of drug-likeness (QED) is 0.791. The van der Waals surface area contributed by atoms with E-state index in [1.54, 1.807) is 21.8 Å². The molecule has 0 radical (unpaired) electrons. The molecule has 0 bridgehead atoms. The first-order valence-electron chi connectivity index (χ1n) is 6.51. The van der Waals surface area contributed by atoms with Gasteiger partial charge in [0.1, 0.15) is 5.82 Å². The molecule has 7 heteroatoms. The monoisotopic (exact) mass is 275 g/mol. The molecule has 2 aromatic rings. The number of likely N-dealkylation sites (tertiary alicyclic amines) is 1. The number of tetrazole rings is 1. The van der Waals surface area contributed by atoms with Crippen LogP contribution in [0.4, 0.5) is 4.39 Å². The Morgan fingerprint density at radius 1 is 1.20 bits per heavy atom. The summed E-state index contributed by atoms with van der Waals surface area (Å²) in [5.74, 6) is 0.199. The molecular weight excluding hydrogens is 261 g/mol. The summed E-state index contributed by atoms with van der Waals surface area (Å²) in [7, 11) is 0. The lowest BCUT2D eigenvalue weighted by molar-refractivity contribution is -0.119. The molecule has 1 aromatic carbocycles. The van der Waals surface area contributed by atoms with E-state index in [9.17, 15) is 9.18 Å². The molecule has 2 heterocycles. The van der Waals surface area contributed by atoms with Crippen molar-refractivity contribution in [2.75, 3.05) is 13.1 Å². The van der Waals surface area contributed by atoms with E-state index in [0.29, 0.717) is 18.9 Å². The minimum Gasteiger partial charge on any atom is -0.345 e. The predicted molar refractivity (Wildman–Crippen MR) is 69.1 cm³/mol. The fraction of sp³-hybridized carbons (Fsp3) is 0.385. The number of halogens is 1. The Labute approximate surface area is 115 Å². The van der Waals surface area contributed by atoms with Crippen LogP contribution in [0.1, 0.15) is 18.9 Å². The van der Waals surface area contributed by atoms with Crippen LogP contribution in [0.5, 0.6) is 0 Å². The second kappa shape index (κ2) is 5.36. The molecule has 1 saturated heterocycles. The maximum Gasteiger partial charge on any atom is 0.209 e. The molecule has 3 rings (SSSR count). The lowest BCUT2D eigenvalue weighted by Gasteiger charge is -2.27. The van der Waals surface area contributed by atoms with Gasteiger partial charge in [-0.2, -0.15) is 4.80 Å². The largest absolute Gasteiger partial charge is 0.345 e. The molecule has 1 amide bonds. The van der Waals surface area contributed by atoms with Crippen LogP contribution in [0.25, 0.3) is 11.4 Å². The van der Waals surface area contributed by atoms with Gasteiger partial charge in [0.15, 0.2) is 0 Å². The molecule has 0 atom stereocenters. The summed E-state index contributed by atoms with van der Waals surface area (Å²) in [5, 5.41) is 12.4. The number of hydrogen-bond acceptors (Lipinski definition) is 4. The number of benzene rings is 1. The first kappa shape index (κ1) is 12.7. The predicted octanol–water partition coefficient (Wildman–Crippen LogP) is 1.27. The van der Waals surface area contributed by atoms with Gasteiger partial charge in [0, 0.05) is 18.7 Å². The Balaban J connectivity index is 1.74. The van der Waals surface area contributed by atoms with Gasteiger partial charge in [-0.25, -0.2) is 4.39 Å². The molecule has 0 saturated carbocycles. The Bertz CT molecular complexity index is 589. The molecule has 0 aliphatic carbocycles. The molecular formula is C13H14FN5O. The third-order valence-corrected chi connectivity index (χ3v) is 3.51. The fourth-order valence-electron chi connectivity index (χ4n) is 2.32. The number of aromatic nitrogens is 4. The molecule has 1 aromatic heterocycles. The number of carbonyl (C=O) groups excluding carboxylic acids is 1. The van der Waals surface area contributed by atoms with Crippen LogP contribution in [0, 0.1) is 5.82 Å². The molecule has 6 nitrogen and oxygen atoms in total. The highest BCUT2D eigenvalue weighted by atomic mass is 19.1. The zero-order valence-electron chi connectivity index (χ0n) is 10.8. The Morgan fingerprint density at radius 3 is 2.55 bits per heavy atom. The van der Waals surface area contributed by atoms with Crippen molar-refractivity contribution in [3.05, 3.63) is 30.1 Å². The molecule has 0 unspecified atom stereocenters. The van der Waals surface area contributed by atoms with Crippen LogP contribution >= 0.6 is 0 Å². The first-order valence-corrected chi connectivity index (χ1v) is 6.51. The molecule has 0 spiro atoms. The second-order valence-electron chi connectivity index (χ2n) is 4.81. The van der Waals surface area contributed by atoms with Crippen LogP contribution in [0.2, 0.25) is 0 Å². The number of piperidine rings is 1. The van der Waals surface area contributed by atoms with E-state index in [1.807, 2.05) is 0 Å². The van der Waals surface area contributed by atoms with Gasteiger partial charge >= 0.3 is 0 Å². The van der Waals surface area contributed by atoms with Gasteiger partial charge < -0.3 is 4.90 Å². The van der Waals surface area contributed by atoms with Crippen LogP contribution < -0.4 is 0 Å². The smallest absolute Gasteiger partial charge is 0.209 e. The molecule has 1 aliphatic rings. The van der Waals surface area contributed by atoms with Gasteiger partial charge in [0.05, 0.1) is 6.04 Å². The van der Waals surface area contributed by atoms with E-state index in [1.165, 1.54) is 12.1 Å². The van der Waals surface area contributed by atoms with E-state index in [2.05, 4.69) is 15.4 Å². The minimum absolute atomic E-state index is 0.160. The van der Waals surface area contributed by atoms with Crippen LogP contribution in [-0.4, -0.2) is 44.6 Å². The van der Waals surface area contributed by atoms with Crippen molar-refractivity contribution in [1.29, 1.82) is 0 Å². The number of carbonyl (C=O) groups is 1. The standard InChI is InChI=1S/C13H14FN5O/c14-11-3-1-10(2-4-11)13-15-17-19(16-13)12-5-7-18(9-20)8-6-12/h1-4,9,12H,5-8H2. The Morgan fingerprint density at radius 2 is 1.90 bits per heavy atom. The van der Waals surface area contributed by atoms with E-state index in [4.69, 9.17) is 0 Å². The van der Waals surface area contributed by atoms with Crippen molar-refractivity contribution in [2.24, 2.45) is 0 Å². The van der Waals surface area contributed by atoms with Crippen molar-refractivity contribution in [2.45, 2.75) is 18.9 Å². The Hall–Kier alpha value is -2.31. The highest BCUT2D eigenvalue weighted by Gasteiger charge is 2.21. The average Bonchev–Trinajstić information content (AvgIpc) is 2.98. The SMILES string of the molecule is O=CN1CCC(n2nnc(-c3ccc(F)cc3)n2)CC1. The minimum atomic E-state index is -0.289. The van der Waals surface area contributed by atoms with Crippen LogP contribution in [0.3, 0.4) is 0 Å². The number of nitrogens with zero attached hydrogens (tertiary/aromatic N) is 5. The first-order chi connectivity index (χ1) is 9.76. The van der Waals surface area contributed by atoms with Gasteiger partial charge in [-0.3, -0.25) is 4.79 Å². The summed E-state index contributed by atoms with van der Waals surface area (Å²) >= 11 is 0. The fourth-order valence-corrected chi connectivity index (χ4v) is 2.32. The lowest BCUT2D eigenvalue weighted by atomic mass is 10.1. The van der Waals surface area contributed by atoms with Crippen LogP contribution in [0.15, 0.2) is 24.3 Å². The van der Waals surface area contributed by atoms with E-state index < -0.39 is 0 Å². The highest BCUT2D eigenvalue weighted by molar-refractivity contribution is 5.53. The van der Waals surface area contributed by atoms with Crippen molar-refractivity contribution < 1.29 is 9.18 Å². The summed E-state index contributed by atoms with van der Waals surface area (Å²) in [4.78, 5) is 14.0. The van der Waals surface area contributed by atoms with Crippen molar-refractivity contribution in [1.82, 2.24) is 25.1 Å². The van der Waals surface area contributed by atoms with Crippen molar-refractivity contribution in [3.63, 3.8) is 0 Å². The van der Waals surface area contributed by atoms with Crippen molar-refractivity contribution >= 4 is 6.41 Å². The maximum atomic E-state index is 12.9. The number of hydrogen-bond donors (Lipinski definition) is 0. The van der Waals surface area contributed by atoms with Gasteiger partial charge in [0.2, 0.25) is 12.2 Å². The molecule has 0 N–H and O–H groups in total. The summed E-state index contributed by atoms with van der Waals surface area (Å²) in [6.45, 7) is 1.42. The molecule has 1 aliphatic heterocycles. The summed E-state index contributed by atoms with van der Waals surface area (Å²) in [6, 6.07) is 6.17. The number of amides is 1. The topological polar surface area (TPSA) is 63.9 Å². The van der Waals surface area contributed by atoms with Gasteiger partial charge in [0.25, 0.3) is 0 Å². The molecule has 20 heavy (non-hydrogen) atoms. The van der Waals surface area contributed by atoms with E-state index >= 15 is 0 Å². The summed E-state index contributed by atoms with van der Waals surface area (Å²) in [6.07, 6.45) is 2.50. The lowest BCUT2D eigenvalue weighted by Crippen LogP contribution is -2.34. The molecule has 1 fully saturated rings. The van der Waals surface area contributed by atoms with Crippen LogP contribution in [-0.2, 0) is 4.79 Å². The third kappa shape index (κ3) is 2.52. The maximum absolute atomic E-state index is 12.9. The van der Waals surface area contributed by atoms with Crippen molar-refractivity contribution in [3.8, 4) is 11.4 Å². The van der Waals surface area contributed by atoms with Gasteiger partial charge in [-0.05, 0) is 42.3 Å². The zero-order chi connectivity index (χ0) is 13.9. The summed E-state index contributed by atoms with van der Waals surface area (Å²) < 4.78 is 12.9. The molecule has 104 valence electrons. The normalized spacial score (nSPS) is 16.4. The average molecular weight is 275 g/mol. The van der Waals surface area contributed by atoms with E-state index in [0.717, 1.165) is 24.8 Å². The second-order valence-corrected chi connectivity index (χ2v) is 4.81. The Kier molecular flexibility index (Phi) is 3.41. The van der Waals surface area contributed by atoms with Gasteiger partial charge in [-0.15, -0.1) is 10.2 Å². The highest BCUT2D eigenvalue weighted by Crippen LogP contribution is 2.21. The third-order valence-electron chi connectivity index (χ3n) is 3.51. The van der Waals surface area contributed by atoms with Gasteiger partial charge in [-0.1, -0.05) is 0 Å².